The molecule has 0 fully saturated rings. The molecule has 0 unspecified atom stereocenters. The normalized spacial score (nSPS) is 11.8. The van der Waals surface area contributed by atoms with E-state index in [4.69, 9.17) is 0 Å². The van der Waals surface area contributed by atoms with Gasteiger partial charge in [0.1, 0.15) is 0 Å². The first-order valence-electron chi connectivity index (χ1n) is 16.3. The summed E-state index contributed by atoms with van der Waals surface area (Å²) in [5.41, 5.74) is 12.0. The third-order valence-corrected chi connectivity index (χ3v) is 10.0. The van der Waals surface area contributed by atoms with Crippen LogP contribution < -0.4 is 0 Å². The molecule has 5 aromatic rings. The lowest BCUT2D eigenvalue weighted by molar-refractivity contribution is 0.109. The summed E-state index contributed by atoms with van der Waals surface area (Å²) in [6.07, 6.45) is 9.27. The number of fused-ring (bicyclic) bond motifs is 4. The first kappa shape index (κ1) is 30.0. The SMILES string of the molecule is CCc1c(CC)c(CC)c2cc3c(CC)c4cc5c(CC)c(C=O)c(C=O)c(CC)c5cc4c(CC)c3cc2c1CC. The van der Waals surface area contributed by atoms with Gasteiger partial charge in [-0.25, -0.2) is 0 Å². The first-order chi connectivity index (χ1) is 20.4. The lowest BCUT2D eigenvalue weighted by atomic mass is 9.80. The Morgan fingerprint density at radius 3 is 0.762 bits per heavy atom. The number of hydrogen-bond donors (Lipinski definition) is 0. The van der Waals surface area contributed by atoms with Crippen molar-refractivity contribution in [1.29, 1.82) is 0 Å². The van der Waals surface area contributed by atoms with E-state index in [-0.39, 0.29) is 0 Å². The zero-order valence-corrected chi connectivity index (χ0v) is 26.9. The Morgan fingerprint density at radius 2 is 0.548 bits per heavy atom. The molecule has 0 aromatic heterocycles. The van der Waals surface area contributed by atoms with E-state index < -0.39 is 0 Å². The van der Waals surface area contributed by atoms with Gasteiger partial charge in [0.15, 0.2) is 12.6 Å². The van der Waals surface area contributed by atoms with E-state index in [1.807, 2.05) is 0 Å². The lowest BCUT2D eigenvalue weighted by Crippen LogP contribution is -2.06. The number of carbonyl (C=O) groups excluding carboxylic acids is 2. The van der Waals surface area contributed by atoms with Crippen LogP contribution in [0.5, 0.6) is 0 Å². The number of aldehydes is 2. The topological polar surface area (TPSA) is 34.1 Å². The zero-order valence-electron chi connectivity index (χ0n) is 26.9. The van der Waals surface area contributed by atoms with Crippen molar-refractivity contribution in [1.82, 2.24) is 0 Å². The van der Waals surface area contributed by atoms with Gasteiger partial charge in [0.25, 0.3) is 0 Å². The fourth-order valence-electron chi connectivity index (χ4n) is 8.25. The third-order valence-electron chi connectivity index (χ3n) is 10.0. The van der Waals surface area contributed by atoms with Crippen LogP contribution >= 0.6 is 0 Å². The maximum absolute atomic E-state index is 12.3. The van der Waals surface area contributed by atoms with Gasteiger partial charge in [-0.3, -0.25) is 9.59 Å². The molecule has 0 aliphatic rings. The molecule has 5 rings (SSSR count). The minimum Gasteiger partial charge on any atom is -0.298 e. The van der Waals surface area contributed by atoms with Crippen LogP contribution in [0.25, 0.3) is 43.1 Å². The Bertz CT molecular complexity index is 1750. The molecule has 0 bridgehead atoms. The summed E-state index contributed by atoms with van der Waals surface area (Å²) >= 11 is 0. The largest absolute Gasteiger partial charge is 0.298 e. The summed E-state index contributed by atoms with van der Waals surface area (Å²) in [4.78, 5) is 24.6. The Kier molecular flexibility index (Phi) is 8.56. The molecule has 0 saturated heterocycles. The Labute approximate surface area is 251 Å². The van der Waals surface area contributed by atoms with Crippen LogP contribution in [0.15, 0.2) is 24.3 Å². The minimum absolute atomic E-state index is 0.565. The summed E-state index contributed by atoms with van der Waals surface area (Å²) in [5, 5.41) is 10.4. The lowest BCUT2D eigenvalue weighted by Gasteiger charge is -2.24. The van der Waals surface area contributed by atoms with Crippen LogP contribution in [0, 0.1) is 0 Å². The molecule has 0 heterocycles. The standard InChI is InChI=1S/C40H46O2/c1-9-23-24(10-2)26(12-4)32-18-34-28(14-6)36-20-38-30(16-8)40(22-42)39(21-41)29(15-7)37(38)19-35(36)27(13-5)33(34)17-31(32)25(23)11-3/h17-22H,9-16H2,1-8H3. The summed E-state index contributed by atoms with van der Waals surface area (Å²) in [7, 11) is 0. The number of aryl methyl sites for hydroxylation is 6. The maximum Gasteiger partial charge on any atom is 0.151 e. The molecular formula is C40H46O2. The summed E-state index contributed by atoms with van der Waals surface area (Å²) in [6, 6.07) is 9.74. The number of hydrogen-bond acceptors (Lipinski definition) is 2. The molecule has 0 saturated carbocycles. The van der Waals surface area contributed by atoms with Gasteiger partial charge in [-0.05, 0) is 163 Å². The van der Waals surface area contributed by atoms with Gasteiger partial charge < -0.3 is 0 Å². The highest BCUT2D eigenvalue weighted by Gasteiger charge is 2.22. The van der Waals surface area contributed by atoms with E-state index in [9.17, 15) is 9.59 Å². The average Bonchev–Trinajstić information content (AvgIpc) is 3.02. The second kappa shape index (κ2) is 12.0. The van der Waals surface area contributed by atoms with Crippen molar-refractivity contribution in [3.8, 4) is 0 Å². The first-order valence-corrected chi connectivity index (χ1v) is 16.3. The smallest absolute Gasteiger partial charge is 0.151 e. The van der Waals surface area contributed by atoms with Crippen molar-refractivity contribution in [2.45, 2.75) is 107 Å². The van der Waals surface area contributed by atoms with Crippen LogP contribution in [-0.2, 0) is 51.4 Å². The minimum atomic E-state index is 0.565. The molecule has 0 aliphatic heterocycles. The Morgan fingerprint density at radius 1 is 0.333 bits per heavy atom. The van der Waals surface area contributed by atoms with Crippen molar-refractivity contribution in [3.63, 3.8) is 0 Å². The molecular weight excluding hydrogens is 512 g/mol. The number of rotatable bonds is 10. The van der Waals surface area contributed by atoms with Crippen molar-refractivity contribution in [3.05, 3.63) is 79.9 Å². The molecule has 2 nitrogen and oxygen atoms in total. The summed E-state index contributed by atoms with van der Waals surface area (Å²) in [5.74, 6) is 0. The molecule has 0 radical (unpaired) electrons. The van der Waals surface area contributed by atoms with Gasteiger partial charge in [-0.2, -0.15) is 0 Å². The van der Waals surface area contributed by atoms with Crippen LogP contribution in [0.1, 0.15) is 121 Å². The highest BCUT2D eigenvalue weighted by atomic mass is 16.1. The van der Waals surface area contributed by atoms with E-state index in [2.05, 4.69) is 79.7 Å². The summed E-state index contributed by atoms with van der Waals surface area (Å²) < 4.78 is 0. The fourth-order valence-corrected chi connectivity index (χ4v) is 8.25. The molecule has 0 aliphatic carbocycles. The number of carbonyl (C=O) groups is 2. The van der Waals surface area contributed by atoms with Gasteiger partial charge >= 0.3 is 0 Å². The van der Waals surface area contributed by atoms with Gasteiger partial charge in [0, 0.05) is 11.1 Å². The van der Waals surface area contributed by atoms with E-state index in [0.717, 1.165) is 73.0 Å². The predicted molar refractivity (Wildman–Crippen MR) is 182 cm³/mol. The number of benzene rings is 5. The van der Waals surface area contributed by atoms with Crippen LogP contribution in [-0.4, -0.2) is 12.6 Å². The molecule has 0 spiro atoms. The second-order valence-corrected chi connectivity index (χ2v) is 11.6. The van der Waals surface area contributed by atoms with E-state index in [1.165, 1.54) is 54.6 Å². The van der Waals surface area contributed by atoms with Crippen molar-refractivity contribution >= 4 is 55.7 Å². The van der Waals surface area contributed by atoms with Gasteiger partial charge in [-0.15, -0.1) is 0 Å². The monoisotopic (exact) mass is 558 g/mol. The van der Waals surface area contributed by atoms with Crippen molar-refractivity contribution in [2.24, 2.45) is 0 Å². The summed E-state index contributed by atoms with van der Waals surface area (Å²) in [6.45, 7) is 18.0. The maximum atomic E-state index is 12.3. The van der Waals surface area contributed by atoms with Crippen LogP contribution in [0.2, 0.25) is 0 Å². The van der Waals surface area contributed by atoms with Crippen LogP contribution in [0.4, 0.5) is 0 Å². The molecule has 5 aromatic carbocycles. The van der Waals surface area contributed by atoms with Gasteiger partial charge in [0.2, 0.25) is 0 Å². The quantitative estimate of drug-likeness (QED) is 0.126. The van der Waals surface area contributed by atoms with Crippen molar-refractivity contribution < 1.29 is 9.59 Å². The van der Waals surface area contributed by atoms with Crippen molar-refractivity contribution in [2.75, 3.05) is 0 Å². The molecule has 218 valence electrons. The average molecular weight is 559 g/mol. The zero-order chi connectivity index (χ0) is 30.3. The molecule has 0 atom stereocenters. The molecule has 0 amide bonds. The molecule has 42 heavy (non-hydrogen) atoms. The molecule has 2 heteroatoms. The second-order valence-electron chi connectivity index (χ2n) is 11.6. The van der Waals surface area contributed by atoms with Gasteiger partial charge in [-0.1, -0.05) is 55.4 Å². The Hall–Kier alpha value is -3.52. The Balaban J connectivity index is 2.09. The fraction of sp³-hybridized carbons (Fsp3) is 0.400. The van der Waals surface area contributed by atoms with E-state index in [1.54, 1.807) is 11.1 Å². The highest BCUT2D eigenvalue weighted by molar-refractivity contribution is 6.16. The van der Waals surface area contributed by atoms with Gasteiger partial charge in [0.05, 0.1) is 0 Å². The third kappa shape index (κ3) is 4.21. The van der Waals surface area contributed by atoms with E-state index >= 15 is 0 Å². The van der Waals surface area contributed by atoms with Crippen LogP contribution in [0.3, 0.4) is 0 Å². The predicted octanol–water partition coefficient (Wildman–Crippen LogP) is 10.4. The highest BCUT2D eigenvalue weighted by Crippen LogP contribution is 2.43. The molecule has 0 N–H and O–H groups in total. The van der Waals surface area contributed by atoms with E-state index in [0.29, 0.717) is 24.0 Å².